The third-order valence-corrected chi connectivity index (χ3v) is 4.25. The van der Waals surface area contributed by atoms with Gasteiger partial charge in [-0.1, -0.05) is 0 Å². The maximum Gasteiger partial charge on any atom is 0.272 e. The van der Waals surface area contributed by atoms with Crippen molar-refractivity contribution in [3.8, 4) is 0 Å². The van der Waals surface area contributed by atoms with Crippen LogP contribution in [-0.4, -0.2) is 49.0 Å². The second kappa shape index (κ2) is 5.75. The number of carbonyl (C=O) groups excluding carboxylic acids is 1. The number of carbonyl (C=O) groups is 1. The summed E-state index contributed by atoms with van der Waals surface area (Å²) < 4.78 is 0. The largest absolute Gasteiger partial charge is 0.337 e. The lowest BCUT2D eigenvalue weighted by Crippen LogP contribution is -2.39. The number of H-pyrrole nitrogens is 1. The standard InChI is InChI=1S/C16H16N6O/c23-16(14-5-6-17-10-18-14)22-7-1-2-12(9-22)13-4-3-11-8-19-21-15(11)20-13/h3-6,8,10,12H,1-2,7,9H2,(H,19,20,21)/t12-/m1/s1. The molecule has 1 N–H and O–H groups in total. The number of rotatable bonds is 2. The summed E-state index contributed by atoms with van der Waals surface area (Å²) in [6.45, 7) is 1.42. The molecule has 0 saturated carbocycles. The van der Waals surface area contributed by atoms with Crippen LogP contribution >= 0.6 is 0 Å². The lowest BCUT2D eigenvalue weighted by Gasteiger charge is -2.32. The predicted octanol–water partition coefficient (Wildman–Crippen LogP) is 1.77. The zero-order valence-corrected chi connectivity index (χ0v) is 12.5. The van der Waals surface area contributed by atoms with E-state index >= 15 is 0 Å². The van der Waals surface area contributed by atoms with E-state index in [0.29, 0.717) is 12.2 Å². The van der Waals surface area contributed by atoms with Crippen molar-refractivity contribution >= 4 is 16.9 Å². The van der Waals surface area contributed by atoms with Gasteiger partial charge in [-0.25, -0.2) is 15.0 Å². The Morgan fingerprint density at radius 2 is 2.26 bits per heavy atom. The van der Waals surface area contributed by atoms with E-state index in [1.807, 2.05) is 17.0 Å². The van der Waals surface area contributed by atoms with Crippen LogP contribution < -0.4 is 0 Å². The van der Waals surface area contributed by atoms with Crippen LogP contribution in [0.5, 0.6) is 0 Å². The van der Waals surface area contributed by atoms with Crippen molar-refractivity contribution in [3.63, 3.8) is 0 Å². The van der Waals surface area contributed by atoms with Crippen molar-refractivity contribution in [1.82, 2.24) is 30.0 Å². The van der Waals surface area contributed by atoms with Crippen molar-refractivity contribution in [1.29, 1.82) is 0 Å². The SMILES string of the molecule is O=C(c1ccncn1)N1CCC[C@@H](c2ccc3cn[nH]c3n2)C1. The lowest BCUT2D eigenvalue weighted by atomic mass is 9.94. The molecule has 7 nitrogen and oxygen atoms in total. The Labute approximate surface area is 132 Å². The molecule has 116 valence electrons. The molecule has 1 aliphatic heterocycles. The van der Waals surface area contributed by atoms with Crippen LogP contribution in [0.4, 0.5) is 0 Å². The number of nitrogens with zero attached hydrogens (tertiary/aromatic N) is 5. The first-order chi connectivity index (χ1) is 11.3. The van der Waals surface area contributed by atoms with Gasteiger partial charge in [0.1, 0.15) is 12.0 Å². The van der Waals surface area contributed by atoms with E-state index in [2.05, 4.69) is 25.1 Å². The Morgan fingerprint density at radius 1 is 1.30 bits per heavy atom. The van der Waals surface area contributed by atoms with Crippen molar-refractivity contribution in [2.24, 2.45) is 0 Å². The summed E-state index contributed by atoms with van der Waals surface area (Å²) in [4.78, 5) is 27.0. The second-order valence-electron chi connectivity index (χ2n) is 5.73. The summed E-state index contributed by atoms with van der Waals surface area (Å²) in [6, 6.07) is 5.70. The van der Waals surface area contributed by atoms with Gasteiger partial charge in [-0.15, -0.1) is 0 Å². The quantitative estimate of drug-likeness (QED) is 0.779. The first kappa shape index (κ1) is 13.8. The van der Waals surface area contributed by atoms with Gasteiger partial charge in [0.25, 0.3) is 5.91 Å². The molecule has 3 aromatic rings. The van der Waals surface area contributed by atoms with E-state index in [1.165, 1.54) is 6.33 Å². The fourth-order valence-corrected chi connectivity index (χ4v) is 3.05. The van der Waals surface area contributed by atoms with Gasteiger partial charge in [0.2, 0.25) is 0 Å². The highest BCUT2D eigenvalue weighted by Gasteiger charge is 2.27. The molecule has 0 radical (unpaired) electrons. The van der Waals surface area contributed by atoms with Gasteiger partial charge in [0.15, 0.2) is 5.65 Å². The number of fused-ring (bicyclic) bond motifs is 1. The molecule has 1 fully saturated rings. The predicted molar refractivity (Wildman–Crippen MR) is 83.8 cm³/mol. The molecule has 1 amide bonds. The van der Waals surface area contributed by atoms with Gasteiger partial charge in [0.05, 0.1) is 6.20 Å². The van der Waals surface area contributed by atoms with E-state index in [-0.39, 0.29) is 11.8 Å². The molecule has 1 atom stereocenters. The van der Waals surface area contributed by atoms with Gasteiger partial charge in [0, 0.05) is 36.3 Å². The summed E-state index contributed by atoms with van der Waals surface area (Å²) in [7, 11) is 0. The average Bonchev–Trinajstić information content (AvgIpc) is 3.09. The highest BCUT2D eigenvalue weighted by molar-refractivity contribution is 5.92. The van der Waals surface area contributed by atoms with E-state index in [4.69, 9.17) is 0 Å². The number of piperidine rings is 1. The number of amides is 1. The highest BCUT2D eigenvalue weighted by Crippen LogP contribution is 2.27. The smallest absolute Gasteiger partial charge is 0.272 e. The molecule has 1 aliphatic rings. The number of hydrogen-bond acceptors (Lipinski definition) is 5. The summed E-state index contributed by atoms with van der Waals surface area (Å²) >= 11 is 0. The van der Waals surface area contributed by atoms with Crippen LogP contribution in [0.3, 0.4) is 0 Å². The Bertz CT molecular complexity index is 831. The Balaban J connectivity index is 1.55. The minimum atomic E-state index is -0.0419. The van der Waals surface area contributed by atoms with E-state index < -0.39 is 0 Å². The van der Waals surface area contributed by atoms with Crippen LogP contribution in [-0.2, 0) is 0 Å². The molecule has 0 spiro atoms. The molecular formula is C16H16N6O. The van der Waals surface area contributed by atoms with E-state index in [0.717, 1.165) is 36.1 Å². The zero-order valence-electron chi connectivity index (χ0n) is 12.5. The minimum absolute atomic E-state index is 0.0419. The molecular weight excluding hydrogens is 292 g/mol. The molecule has 0 unspecified atom stereocenters. The topological polar surface area (TPSA) is 87.7 Å². The molecule has 1 saturated heterocycles. The van der Waals surface area contributed by atoms with Crippen LogP contribution in [0, 0.1) is 0 Å². The average molecular weight is 308 g/mol. The van der Waals surface area contributed by atoms with Crippen molar-refractivity contribution in [2.45, 2.75) is 18.8 Å². The highest BCUT2D eigenvalue weighted by atomic mass is 16.2. The lowest BCUT2D eigenvalue weighted by molar-refractivity contribution is 0.0700. The first-order valence-electron chi connectivity index (χ1n) is 7.66. The number of hydrogen-bond donors (Lipinski definition) is 1. The summed E-state index contributed by atoms with van der Waals surface area (Å²) in [5.41, 5.74) is 2.24. The van der Waals surface area contributed by atoms with Gasteiger partial charge in [-0.05, 0) is 31.0 Å². The van der Waals surface area contributed by atoms with Crippen LogP contribution in [0.2, 0.25) is 0 Å². The van der Waals surface area contributed by atoms with Gasteiger partial charge >= 0.3 is 0 Å². The number of nitrogens with one attached hydrogen (secondary N) is 1. The van der Waals surface area contributed by atoms with Crippen molar-refractivity contribution in [3.05, 3.63) is 48.3 Å². The number of aromatic nitrogens is 5. The molecule has 0 bridgehead atoms. The molecule has 23 heavy (non-hydrogen) atoms. The van der Waals surface area contributed by atoms with Gasteiger partial charge in [-0.2, -0.15) is 5.10 Å². The van der Waals surface area contributed by atoms with E-state index in [9.17, 15) is 4.79 Å². The maximum atomic E-state index is 12.5. The summed E-state index contributed by atoms with van der Waals surface area (Å²) in [5, 5.41) is 7.90. The Kier molecular flexibility index (Phi) is 3.45. The third kappa shape index (κ3) is 2.65. The molecule has 4 rings (SSSR count). The minimum Gasteiger partial charge on any atom is -0.337 e. The van der Waals surface area contributed by atoms with Crippen LogP contribution in [0.15, 0.2) is 36.9 Å². The first-order valence-corrected chi connectivity index (χ1v) is 7.66. The molecule has 7 heteroatoms. The number of pyridine rings is 1. The Morgan fingerprint density at radius 3 is 3.13 bits per heavy atom. The number of likely N-dealkylation sites (tertiary alicyclic amines) is 1. The Hall–Kier alpha value is -2.83. The van der Waals surface area contributed by atoms with Crippen molar-refractivity contribution in [2.75, 3.05) is 13.1 Å². The fourth-order valence-electron chi connectivity index (χ4n) is 3.05. The number of aromatic amines is 1. The molecule has 0 aliphatic carbocycles. The van der Waals surface area contributed by atoms with E-state index in [1.54, 1.807) is 18.5 Å². The van der Waals surface area contributed by atoms with Crippen molar-refractivity contribution < 1.29 is 4.79 Å². The monoisotopic (exact) mass is 308 g/mol. The summed E-state index contributed by atoms with van der Waals surface area (Å²) in [6.07, 6.45) is 6.75. The summed E-state index contributed by atoms with van der Waals surface area (Å²) in [5.74, 6) is 0.196. The van der Waals surface area contributed by atoms with Gasteiger partial charge < -0.3 is 4.90 Å². The fraction of sp³-hybridized carbons (Fsp3) is 0.312. The maximum absolute atomic E-state index is 12.5. The second-order valence-corrected chi connectivity index (χ2v) is 5.73. The van der Waals surface area contributed by atoms with Gasteiger partial charge in [-0.3, -0.25) is 9.89 Å². The zero-order chi connectivity index (χ0) is 15.6. The van der Waals surface area contributed by atoms with Crippen LogP contribution in [0.1, 0.15) is 34.9 Å². The molecule has 4 heterocycles. The molecule has 3 aromatic heterocycles. The van der Waals surface area contributed by atoms with Crippen LogP contribution in [0.25, 0.3) is 11.0 Å². The third-order valence-electron chi connectivity index (χ3n) is 4.25. The molecule has 0 aromatic carbocycles. The normalized spacial score (nSPS) is 18.3.